The number of likely N-dealkylation sites (tertiary alicyclic amines) is 1. The van der Waals surface area contributed by atoms with Crippen LogP contribution in [0.25, 0.3) is 0 Å². The largest absolute Gasteiger partial charge is 0.377 e. The quantitative estimate of drug-likeness (QED) is 0.679. The highest BCUT2D eigenvalue weighted by molar-refractivity contribution is 5.78. The van der Waals surface area contributed by atoms with Crippen molar-refractivity contribution >= 4 is 5.91 Å². The highest BCUT2D eigenvalue weighted by atomic mass is 16.5. The molecule has 1 aliphatic rings. The summed E-state index contributed by atoms with van der Waals surface area (Å²) in [6, 6.07) is 0. The number of nitrogens with zero attached hydrogens (tertiary/aromatic N) is 2. The Kier molecular flexibility index (Phi) is 7.23. The first kappa shape index (κ1) is 15.4. The molecule has 18 heavy (non-hydrogen) atoms. The van der Waals surface area contributed by atoms with Crippen molar-refractivity contribution in [1.82, 2.24) is 9.80 Å². The number of rotatable bonds is 8. The van der Waals surface area contributed by atoms with E-state index in [-0.39, 0.29) is 12.0 Å². The van der Waals surface area contributed by atoms with E-state index in [9.17, 15) is 4.79 Å². The highest BCUT2D eigenvalue weighted by Gasteiger charge is 2.19. The van der Waals surface area contributed by atoms with E-state index < -0.39 is 0 Å². The Morgan fingerprint density at radius 1 is 1.44 bits per heavy atom. The maximum atomic E-state index is 11.9. The Bertz CT molecular complexity index is 242. The summed E-state index contributed by atoms with van der Waals surface area (Å²) in [5, 5.41) is 0. The molecule has 2 N–H and O–H groups in total. The van der Waals surface area contributed by atoms with Crippen LogP contribution in [0.1, 0.15) is 26.2 Å². The number of ether oxygens (including phenoxy) is 1. The van der Waals surface area contributed by atoms with Gasteiger partial charge in [0.25, 0.3) is 0 Å². The maximum absolute atomic E-state index is 11.9. The van der Waals surface area contributed by atoms with Crippen LogP contribution in [-0.2, 0) is 9.53 Å². The van der Waals surface area contributed by atoms with Crippen molar-refractivity contribution in [2.75, 3.05) is 46.4 Å². The Morgan fingerprint density at radius 2 is 2.11 bits per heavy atom. The molecule has 106 valence electrons. The second-order valence-corrected chi connectivity index (χ2v) is 4.93. The second kappa shape index (κ2) is 8.45. The first-order valence-electron chi connectivity index (χ1n) is 6.95. The topological polar surface area (TPSA) is 58.8 Å². The molecule has 0 aromatic carbocycles. The van der Waals surface area contributed by atoms with Gasteiger partial charge in [0.15, 0.2) is 0 Å². The van der Waals surface area contributed by atoms with Gasteiger partial charge in [-0.1, -0.05) is 0 Å². The van der Waals surface area contributed by atoms with E-state index in [0.29, 0.717) is 19.7 Å². The van der Waals surface area contributed by atoms with Crippen LogP contribution in [0.2, 0.25) is 0 Å². The summed E-state index contributed by atoms with van der Waals surface area (Å²) in [5.41, 5.74) is 5.63. The predicted molar refractivity (Wildman–Crippen MR) is 72.4 cm³/mol. The average Bonchev–Trinajstić information content (AvgIpc) is 2.88. The van der Waals surface area contributed by atoms with Crippen LogP contribution in [0.15, 0.2) is 0 Å². The van der Waals surface area contributed by atoms with E-state index >= 15 is 0 Å². The third-order valence-electron chi connectivity index (χ3n) is 3.36. The van der Waals surface area contributed by atoms with Crippen LogP contribution in [0.5, 0.6) is 0 Å². The lowest BCUT2D eigenvalue weighted by Crippen LogP contribution is -2.38. The Balaban J connectivity index is 2.19. The molecule has 0 aromatic heterocycles. The van der Waals surface area contributed by atoms with Crippen molar-refractivity contribution in [3.63, 3.8) is 0 Å². The summed E-state index contributed by atoms with van der Waals surface area (Å²) >= 11 is 0. The van der Waals surface area contributed by atoms with Crippen LogP contribution >= 0.6 is 0 Å². The number of likely N-dealkylation sites (N-methyl/N-ethyl adjacent to an activating group) is 1. The van der Waals surface area contributed by atoms with Gasteiger partial charge in [-0.25, -0.2) is 0 Å². The minimum atomic E-state index is 0.110. The van der Waals surface area contributed by atoms with Crippen molar-refractivity contribution in [3.8, 4) is 0 Å². The maximum Gasteiger partial charge on any atom is 0.236 e. The Morgan fingerprint density at radius 3 is 2.67 bits per heavy atom. The summed E-state index contributed by atoms with van der Waals surface area (Å²) in [6.45, 7) is 6.42. The van der Waals surface area contributed by atoms with Gasteiger partial charge in [0.2, 0.25) is 5.91 Å². The number of hydrogen-bond acceptors (Lipinski definition) is 4. The highest BCUT2D eigenvalue weighted by Crippen LogP contribution is 2.08. The number of amides is 1. The Labute approximate surface area is 110 Å². The third-order valence-corrected chi connectivity index (χ3v) is 3.36. The fourth-order valence-corrected chi connectivity index (χ4v) is 2.25. The van der Waals surface area contributed by atoms with Gasteiger partial charge in [-0.05, 0) is 33.2 Å². The zero-order valence-electron chi connectivity index (χ0n) is 11.7. The fourth-order valence-electron chi connectivity index (χ4n) is 2.25. The van der Waals surface area contributed by atoms with Crippen LogP contribution in [-0.4, -0.2) is 68.2 Å². The van der Waals surface area contributed by atoms with Gasteiger partial charge >= 0.3 is 0 Å². The molecular weight excluding hydrogens is 230 g/mol. The molecule has 1 fully saturated rings. The van der Waals surface area contributed by atoms with Gasteiger partial charge in [0.1, 0.15) is 0 Å². The fraction of sp³-hybridized carbons (Fsp3) is 0.923. The SMILES string of the molecule is CCOC(CN)CCN(C)CC(=O)N1CCCC1. The van der Waals surface area contributed by atoms with Crippen LogP contribution in [0.4, 0.5) is 0 Å². The minimum Gasteiger partial charge on any atom is -0.377 e. The Hall–Kier alpha value is -0.650. The van der Waals surface area contributed by atoms with E-state index in [0.717, 1.165) is 38.9 Å². The summed E-state index contributed by atoms with van der Waals surface area (Å²) in [6.07, 6.45) is 3.29. The molecule has 0 radical (unpaired) electrons. The molecule has 1 saturated heterocycles. The zero-order chi connectivity index (χ0) is 13.4. The van der Waals surface area contributed by atoms with Gasteiger partial charge < -0.3 is 15.4 Å². The summed E-state index contributed by atoms with van der Waals surface area (Å²) < 4.78 is 5.50. The molecule has 1 rings (SSSR count). The van der Waals surface area contributed by atoms with E-state index in [1.165, 1.54) is 0 Å². The van der Waals surface area contributed by atoms with Crippen LogP contribution < -0.4 is 5.73 Å². The third kappa shape index (κ3) is 5.33. The monoisotopic (exact) mass is 257 g/mol. The van der Waals surface area contributed by atoms with Crippen molar-refractivity contribution < 1.29 is 9.53 Å². The molecule has 0 spiro atoms. The van der Waals surface area contributed by atoms with Gasteiger partial charge in [-0.15, -0.1) is 0 Å². The number of hydrogen-bond donors (Lipinski definition) is 1. The molecule has 1 heterocycles. The summed E-state index contributed by atoms with van der Waals surface area (Å²) in [7, 11) is 1.98. The van der Waals surface area contributed by atoms with E-state index in [1.807, 2.05) is 18.9 Å². The summed E-state index contributed by atoms with van der Waals surface area (Å²) in [4.78, 5) is 15.9. The summed E-state index contributed by atoms with van der Waals surface area (Å²) in [5.74, 6) is 0.246. The smallest absolute Gasteiger partial charge is 0.236 e. The molecule has 1 amide bonds. The van der Waals surface area contributed by atoms with E-state index in [4.69, 9.17) is 10.5 Å². The number of carbonyl (C=O) groups excluding carboxylic acids is 1. The molecule has 5 heteroatoms. The minimum absolute atomic E-state index is 0.110. The van der Waals surface area contributed by atoms with Crippen molar-refractivity contribution in [1.29, 1.82) is 0 Å². The van der Waals surface area contributed by atoms with Gasteiger partial charge in [0, 0.05) is 32.8 Å². The average molecular weight is 257 g/mol. The molecule has 0 saturated carbocycles. The molecule has 0 aliphatic carbocycles. The lowest BCUT2D eigenvalue weighted by molar-refractivity contribution is -0.131. The number of carbonyl (C=O) groups is 1. The molecule has 0 aromatic rings. The van der Waals surface area contributed by atoms with Gasteiger partial charge in [0.05, 0.1) is 12.6 Å². The van der Waals surface area contributed by atoms with Crippen LogP contribution in [0, 0.1) is 0 Å². The molecule has 1 unspecified atom stereocenters. The lowest BCUT2D eigenvalue weighted by atomic mass is 10.2. The van der Waals surface area contributed by atoms with Crippen LogP contribution in [0.3, 0.4) is 0 Å². The van der Waals surface area contributed by atoms with Gasteiger partial charge in [-0.2, -0.15) is 0 Å². The number of nitrogens with two attached hydrogens (primary N) is 1. The molecular formula is C13H27N3O2. The normalized spacial score (nSPS) is 17.4. The second-order valence-electron chi connectivity index (χ2n) is 4.93. The predicted octanol–water partition coefficient (Wildman–Crippen LogP) is 0.295. The first-order valence-corrected chi connectivity index (χ1v) is 6.95. The van der Waals surface area contributed by atoms with E-state index in [1.54, 1.807) is 0 Å². The van der Waals surface area contributed by atoms with Crippen molar-refractivity contribution in [2.24, 2.45) is 5.73 Å². The first-order chi connectivity index (χ1) is 8.67. The molecule has 5 nitrogen and oxygen atoms in total. The molecule has 0 bridgehead atoms. The van der Waals surface area contributed by atoms with Crippen molar-refractivity contribution in [3.05, 3.63) is 0 Å². The standard InChI is InChI=1S/C13H27N3O2/c1-3-18-12(10-14)6-9-15(2)11-13(17)16-7-4-5-8-16/h12H,3-11,14H2,1-2H3. The van der Waals surface area contributed by atoms with Gasteiger partial charge in [-0.3, -0.25) is 9.69 Å². The zero-order valence-corrected chi connectivity index (χ0v) is 11.7. The van der Waals surface area contributed by atoms with E-state index in [2.05, 4.69) is 4.90 Å². The molecule has 1 aliphatic heterocycles. The molecule has 1 atom stereocenters. The van der Waals surface area contributed by atoms with Crippen molar-refractivity contribution in [2.45, 2.75) is 32.3 Å². The lowest BCUT2D eigenvalue weighted by Gasteiger charge is -2.23.